The van der Waals surface area contributed by atoms with Gasteiger partial charge in [-0.2, -0.15) is 0 Å². The number of methoxy groups -OCH3 is 1. The first-order chi connectivity index (χ1) is 16.7. The van der Waals surface area contributed by atoms with Crippen LogP contribution in [0.2, 0.25) is 5.02 Å². The van der Waals surface area contributed by atoms with E-state index in [1.54, 1.807) is 42.5 Å². The Balaban J connectivity index is 1.54. The third-order valence-corrected chi connectivity index (χ3v) is 6.26. The van der Waals surface area contributed by atoms with Gasteiger partial charge in [-0.15, -0.1) is 0 Å². The van der Waals surface area contributed by atoms with Crippen molar-refractivity contribution in [3.63, 3.8) is 0 Å². The molecule has 0 bridgehead atoms. The second-order valence-electron chi connectivity index (χ2n) is 8.84. The fourth-order valence-electron chi connectivity index (χ4n) is 4.42. The lowest BCUT2D eigenvalue weighted by atomic mass is 9.91. The summed E-state index contributed by atoms with van der Waals surface area (Å²) in [6, 6.07) is 16.9. The predicted molar refractivity (Wildman–Crippen MR) is 130 cm³/mol. The Morgan fingerprint density at radius 3 is 2.66 bits per heavy atom. The maximum atomic E-state index is 13.9. The molecule has 8 heteroatoms. The molecule has 1 aliphatic heterocycles. The van der Waals surface area contributed by atoms with Crippen LogP contribution >= 0.6 is 11.6 Å². The van der Waals surface area contributed by atoms with Gasteiger partial charge in [0.25, 0.3) is 5.91 Å². The highest BCUT2D eigenvalue weighted by Crippen LogP contribution is 2.38. The van der Waals surface area contributed by atoms with Crippen molar-refractivity contribution in [3.8, 4) is 11.5 Å². The molecule has 0 fully saturated rings. The summed E-state index contributed by atoms with van der Waals surface area (Å²) in [5, 5.41) is 9.47. The molecule has 4 rings (SSSR count). The highest BCUT2D eigenvalue weighted by molar-refractivity contribution is 6.30. The topological polar surface area (TPSA) is 76.1 Å². The number of hydrogen-bond donors (Lipinski definition) is 1. The number of hydrogen-bond acceptors (Lipinski definition) is 4. The third kappa shape index (κ3) is 5.57. The Bertz CT molecular complexity index is 1280. The number of halogens is 2. The smallest absolute Gasteiger partial charge is 0.323 e. The normalized spacial score (nSPS) is 16.3. The van der Waals surface area contributed by atoms with Crippen LogP contribution in [-0.4, -0.2) is 41.1 Å². The quantitative estimate of drug-likeness (QED) is 0.465. The Labute approximate surface area is 207 Å². The summed E-state index contributed by atoms with van der Waals surface area (Å²) in [5.74, 6) is -0.778. The van der Waals surface area contributed by atoms with Crippen molar-refractivity contribution < 1.29 is 28.6 Å². The number of aliphatic carboxylic acids is 1. The molecule has 0 aromatic heterocycles. The van der Waals surface area contributed by atoms with Crippen molar-refractivity contribution in [2.75, 3.05) is 13.7 Å². The molecular formula is C27H25ClFNO5. The minimum absolute atomic E-state index is 0.0664. The average molecular weight is 498 g/mol. The first-order valence-electron chi connectivity index (χ1n) is 11.1. The van der Waals surface area contributed by atoms with Crippen LogP contribution in [0, 0.1) is 5.82 Å². The molecule has 0 saturated heterocycles. The van der Waals surface area contributed by atoms with Gasteiger partial charge in [-0.1, -0.05) is 35.9 Å². The zero-order chi connectivity index (χ0) is 25.2. The molecule has 1 heterocycles. The minimum Gasteiger partial charge on any atom is -0.496 e. The monoisotopic (exact) mass is 497 g/mol. The van der Waals surface area contributed by atoms with Crippen molar-refractivity contribution in [1.29, 1.82) is 0 Å². The molecule has 182 valence electrons. The van der Waals surface area contributed by atoms with Gasteiger partial charge in [-0.3, -0.25) is 9.59 Å². The fraction of sp³-hybridized carbons (Fsp3) is 0.259. The van der Waals surface area contributed by atoms with E-state index in [0.29, 0.717) is 35.5 Å². The molecule has 1 atom stereocenters. The largest absolute Gasteiger partial charge is 0.496 e. The summed E-state index contributed by atoms with van der Waals surface area (Å²) in [5.41, 5.74) is 2.04. The summed E-state index contributed by atoms with van der Waals surface area (Å²) in [6.45, 7) is 1.56. The standard InChI is InChI=1S/C27H25ClFNO5/c1-27(13-17-7-9-21(28)22(29)11-17)14-20-12-18(8-10-24(20)35-27)26(33)30(16-25(31)32)15-19-5-3-4-6-23(19)34-2/h3-12H,13-16H2,1-2H3,(H,31,32)/t27-/m1/s1. The van der Waals surface area contributed by atoms with Crippen molar-refractivity contribution in [2.45, 2.75) is 31.9 Å². The highest BCUT2D eigenvalue weighted by atomic mass is 35.5. The molecule has 0 radical (unpaired) electrons. The lowest BCUT2D eigenvalue weighted by Crippen LogP contribution is -2.35. The number of carbonyl (C=O) groups is 2. The van der Waals surface area contributed by atoms with Gasteiger partial charge in [0.05, 0.1) is 18.7 Å². The fourth-order valence-corrected chi connectivity index (χ4v) is 4.54. The second-order valence-corrected chi connectivity index (χ2v) is 9.25. The van der Waals surface area contributed by atoms with Crippen molar-refractivity contribution in [2.24, 2.45) is 0 Å². The van der Waals surface area contributed by atoms with Gasteiger partial charge in [0.1, 0.15) is 29.5 Å². The zero-order valence-electron chi connectivity index (χ0n) is 19.4. The van der Waals surface area contributed by atoms with E-state index < -0.39 is 29.8 Å². The van der Waals surface area contributed by atoms with E-state index in [1.807, 2.05) is 13.0 Å². The van der Waals surface area contributed by atoms with Crippen molar-refractivity contribution >= 4 is 23.5 Å². The number of nitrogens with zero attached hydrogens (tertiary/aromatic N) is 1. The van der Waals surface area contributed by atoms with Gasteiger partial charge in [0.15, 0.2) is 0 Å². The van der Waals surface area contributed by atoms with Crippen LogP contribution in [0.15, 0.2) is 60.7 Å². The number of carboxylic acids is 1. The van der Waals surface area contributed by atoms with E-state index in [4.69, 9.17) is 21.1 Å². The lowest BCUT2D eigenvalue weighted by Gasteiger charge is -2.24. The maximum absolute atomic E-state index is 13.9. The van der Waals surface area contributed by atoms with E-state index in [-0.39, 0.29) is 11.6 Å². The van der Waals surface area contributed by atoms with Crippen LogP contribution in [0.4, 0.5) is 4.39 Å². The van der Waals surface area contributed by atoms with E-state index in [9.17, 15) is 19.1 Å². The van der Waals surface area contributed by atoms with E-state index in [0.717, 1.165) is 11.1 Å². The van der Waals surface area contributed by atoms with Crippen LogP contribution in [-0.2, 0) is 24.2 Å². The second kappa shape index (κ2) is 9.96. The van der Waals surface area contributed by atoms with Gasteiger partial charge in [0, 0.05) is 24.0 Å². The number of ether oxygens (including phenoxy) is 2. The maximum Gasteiger partial charge on any atom is 0.323 e. The minimum atomic E-state index is -1.11. The Kier molecular flexibility index (Phi) is 6.98. The molecular weight excluding hydrogens is 473 g/mol. The SMILES string of the molecule is COc1ccccc1CN(CC(=O)O)C(=O)c1ccc2c(c1)C[C@@](C)(Cc1ccc(Cl)c(F)c1)O2. The highest BCUT2D eigenvalue weighted by Gasteiger charge is 2.36. The zero-order valence-corrected chi connectivity index (χ0v) is 20.1. The number of para-hydroxylation sites is 1. The lowest BCUT2D eigenvalue weighted by molar-refractivity contribution is -0.137. The summed E-state index contributed by atoms with van der Waals surface area (Å²) in [6.07, 6.45) is 0.969. The van der Waals surface area contributed by atoms with E-state index >= 15 is 0 Å². The number of carboxylic acid groups (broad SMARTS) is 1. The van der Waals surface area contributed by atoms with Crippen LogP contribution in [0.3, 0.4) is 0 Å². The summed E-state index contributed by atoms with van der Waals surface area (Å²) in [7, 11) is 1.53. The van der Waals surface area contributed by atoms with Crippen LogP contribution in [0.5, 0.6) is 11.5 Å². The summed E-state index contributed by atoms with van der Waals surface area (Å²) in [4.78, 5) is 26.1. The number of carbonyl (C=O) groups excluding carboxylic acids is 1. The van der Waals surface area contributed by atoms with Crippen LogP contribution in [0.1, 0.15) is 34.0 Å². The Hall–Kier alpha value is -3.58. The number of benzene rings is 3. The van der Waals surface area contributed by atoms with Gasteiger partial charge in [-0.25, -0.2) is 4.39 Å². The molecule has 0 saturated carbocycles. The van der Waals surface area contributed by atoms with Gasteiger partial charge < -0.3 is 19.5 Å². The first kappa shape index (κ1) is 24.5. The van der Waals surface area contributed by atoms with Crippen molar-refractivity contribution in [1.82, 2.24) is 4.90 Å². The third-order valence-electron chi connectivity index (χ3n) is 5.96. The summed E-state index contributed by atoms with van der Waals surface area (Å²) >= 11 is 5.79. The van der Waals surface area contributed by atoms with Crippen LogP contribution in [0.25, 0.3) is 0 Å². The number of fused-ring (bicyclic) bond motifs is 1. The molecule has 1 amide bonds. The molecule has 0 aliphatic carbocycles. The number of rotatable bonds is 8. The number of amides is 1. The average Bonchev–Trinajstić information content (AvgIpc) is 3.15. The van der Waals surface area contributed by atoms with Crippen LogP contribution < -0.4 is 9.47 Å². The molecule has 1 N–H and O–H groups in total. The molecule has 3 aromatic rings. The Morgan fingerprint density at radius 2 is 1.94 bits per heavy atom. The van der Waals surface area contributed by atoms with E-state index in [2.05, 4.69) is 0 Å². The Morgan fingerprint density at radius 1 is 1.17 bits per heavy atom. The molecule has 35 heavy (non-hydrogen) atoms. The molecule has 0 spiro atoms. The molecule has 6 nitrogen and oxygen atoms in total. The molecule has 3 aromatic carbocycles. The summed E-state index contributed by atoms with van der Waals surface area (Å²) < 4.78 is 25.4. The molecule has 1 aliphatic rings. The van der Waals surface area contributed by atoms with Gasteiger partial charge in [-0.05, 0) is 54.4 Å². The predicted octanol–water partition coefficient (Wildman–Crippen LogP) is 5.15. The van der Waals surface area contributed by atoms with Gasteiger partial charge in [0.2, 0.25) is 0 Å². The van der Waals surface area contributed by atoms with Crippen molar-refractivity contribution in [3.05, 3.63) is 93.8 Å². The van der Waals surface area contributed by atoms with E-state index in [1.165, 1.54) is 24.1 Å². The molecule has 0 unspecified atom stereocenters. The first-order valence-corrected chi connectivity index (χ1v) is 11.4. The van der Waals surface area contributed by atoms with Gasteiger partial charge >= 0.3 is 5.97 Å².